The highest BCUT2D eigenvalue weighted by molar-refractivity contribution is 5.94. The summed E-state index contributed by atoms with van der Waals surface area (Å²) in [5, 5.41) is 6.83. The van der Waals surface area contributed by atoms with Crippen molar-refractivity contribution in [1.29, 1.82) is 0 Å². The molecule has 1 aliphatic heterocycles. The molecule has 0 bridgehead atoms. The van der Waals surface area contributed by atoms with Gasteiger partial charge in [0.15, 0.2) is 0 Å². The molecule has 1 saturated carbocycles. The summed E-state index contributed by atoms with van der Waals surface area (Å²) in [7, 11) is 0. The number of carbonyl (C=O) groups excluding carboxylic acids is 2. The molecule has 7 heteroatoms. The summed E-state index contributed by atoms with van der Waals surface area (Å²) >= 11 is 0. The van der Waals surface area contributed by atoms with Crippen LogP contribution in [0.5, 0.6) is 0 Å². The quantitative estimate of drug-likeness (QED) is 0.827. The van der Waals surface area contributed by atoms with Crippen LogP contribution in [0.4, 0.5) is 5.69 Å². The second-order valence-electron chi connectivity index (χ2n) is 7.57. The number of benzene rings is 1. The highest BCUT2D eigenvalue weighted by Gasteiger charge is 2.34. The fourth-order valence-corrected chi connectivity index (χ4v) is 3.54. The maximum atomic E-state index is 12.3. The van der Waals surface area contributed by atoms with Crippen LogP contribution in [0.25, 0.3) is 0 Å². The van der Waals surface area contributed by atoms with E-state index in [9.17, 15) is 9.59 Å². The Morgan fingerprint density at radius 1 is 1.14 bits per heavy atom. The first-order chi connectivity index (χ1) is 13.6. The van der Waals surface area contributed by atoms with Gasteiger partial charge < -0.3 is 19.6 Å². The van der Waals surface area contributed by atoms with Crippen molar-refractivity contribution in [3.8, 4) is 0 Å². The van der Waals surface area contributed by atoms with Crippen molar-refractivity contribution in [2.24, 2.45) is 5.92 Å². The standard InChI is InChI=1S/C21H26N4O3/c1-15-14-18(23-28-15)8-9-22-20(26)16-4-6-19(7-5-16)24-10-12-25(13-11-24)21(27)17-2-3-17/h4-7,14,17H,2-3,8-13H2,1H3,(H,22,26). The molecular formula is C21H26N4O3. The molecule has 2 heterocycles. The van der Waals surface area contributed by atoms with Gasteiger partial charge in [0.1, 0.15) is 5.76 Å². The number of nitrogens with zero attached hydrogens (tertiary/aromatic N) is 3. The molecule has 1 aliphatic carbocycles. The minimum absolute atomic E-state index is 0.0911. The van der Waals surface area contributed by atoms with E-state index in [0.717, 1.165) is 56.2 Å². The van der Waals surface area contributed by atoms with Gasteiger partial charge in [-0.25, -0.2) is 0 Å². The Morgan fingerprint density at radius 3 is 2.46 bits per heavy atom. The molecule has 1 aromatic carbocycles. The van der Waals surface area contributed by atoms with E-state index in [0.29, 0.717) is 24.4 Å². The monoisotopic (exact) mass is 382 g/mol. The molecule has 1 aromatic heterocycles. The largest absolute Gasteiger partial charge is 0.368 e. The third-order valence-corrected chi connectivity index (χ3v) is 5.36. The predicted molar refractivity (Wildman–Crippen MR) is 105 cm³/mol. The average Bonchev–Trinajstić information content (AvgIpc) is 3.49. The lowest BCUT2D eigenvalue weighted by atomic mass is 10.1. The minimum Gasteiger partial charge on any atom is -0.368 e. The Hall–Kier alpha value is -2.83. The Morgan fingerprint density at radius 2 is 1.86 bits per heavy atom. The van der Waals surface area contributed by atoms with Crippen molar-refractivity contribution in [3.63, 3.8) is 0 Å². The molecule has 0 atom stereocenters. The summed E-state index contributed by atoms with van der Waals surface area (Å²) in [5.74, 6) is 1.30. The number of rotatable bonds is 6. The van der Waals surface area contributed by atoms with E-state index >= 15 is 0 Å². The van der Waals surface area contributed by atoms with Crippen molar-refractivity contribution in [3.05, 3.63) is 47.3 Å². The Balaban J connectivity index is 1.25. The third kappa shape index (κ3) is 4.35. The van der Waals surface area contributed by atoms with E-state index in [1.807, 2.05) is 42.2 Å². The first kappa shape index (κ1) is 18.5. The van der Waals surface area contributed by atoms with Gasteiger partial charge in [0.25, 0.3) is 5.91 Å². The van der Waals surface area contributed by atoms with Crippen LogP contribution >= 0.6 is 0 Å². The lowest BCUT2D eigenvalue weighted by Gasteiger charge is -2.36. The fraction of sp³-hybridized carbons (Fsp3) is 0.476. The van der Waals surface area contributed by atoms with Crippen molar-refractivity contribution in [1.82, 2.24) is 15.4 Å². The second-order valence-corrected chi connectivity index (χ2v) is 7.57. The predicted octanol–water partition coefficient (Wildman–Crippen LogP) is 2.01. The van der Waals surface area contributed by atoms with Gasteiger partial charge in [0.2, 0.25) is 5.91 Å². The zero-order chi connectivity index (χ0) is 19.5. The van der Waals surface area contributed by atoms with Gasteiger partial charge in [-0.05, 0) is 44.0 Å². The molecule has 0 radical (unpaired) electrons. The smallest absolute Gasteiger partial charge is 0.251 e. The molecule has 4 rings (SSSR count). The van der Waals surface area contributed by atoms with Crippen LogP contribution in [0.2, 0.25) is 0 Å². The first-order valence-corrected chi connectivity index (χ1v) is 9.94. The molecule has 148 valence electrons. The molecule has 2 aliphatic rings. The Labute approximate surface area is 164 Å². The molecule has 1 N–H and O–H groups in total. The molecule has 2 fully saturated rings. The minimum atomic E-state index is -0.0911. The molecule has 0 unspecified atom stereocenters. The normalized spacial score (nSPS) is 16.9. The summed E-state index contributed by atoms with van der Waals surface area (Å²) in [6, 6.07) is 9.54. The van der Waals surface area contributed by atoms with Gasteiger partial charge in [0.05, 0.1) is 5.69 Å². The number of hydrogen-bond donors (Lipinski definition) is 1. The number of nitrogens with one attached hydrogen (secondary N) is 1. The van der Waals surface area contributed by atoms with Crippen molar-refractivity contribution in [2.75, 3.05) is 37.6 Å². The molecule has 7 nitrogen and oxygen atoms in total. The van der Waals surface area contributed by atoms with Gasteiger partial charge in [-0.15, -0.1) is 0 Å². The summed E-state index contributed by atoms with van der Waals surface area (Å²) in [6.07, 6.45) is 2.76. The lowest BCUT2D eigenvalue weighted by molar-refractivity contribution is -0.132. The van der Waals surface area contributed by atoms with E-state index in [1.165, 1.54) is 0 Å². The fourth-order valence-electron chi connectivity index (χ4n) is 3.54. The summed E-state index contributed by atoms with van der Waals surface area (Å²) in [4.78, 5) is 28.7. The molecule has 0 spiro atoms. The highest BCUT2D eigenvalue weighted by Crippen LogP contribution is 2.31. The Kier molecular flexibility index (Phi) is 5.32. The maximum absolute atomic E-state index is 12.3. The van der Waals surface area contributed by atoms with E-state index < -0.39 is 0 Å². The zero-order valence-electron chi connectivity index (χ0n) is 16.2. The van der Waals surface area contributed by atoms with Gasteiger partial charge in [-0.3, -0.25) is 9.59 Å². The van der Waals surface area contributed by atoms with Crippen LogP contribution in [0, 0.1) is 12.8 Å². The van der Waals surface area contributed by atoms with Gasteiger partial charge >= 0.3 is 0 Å². The van der Waals surface area contributed by atoms with Crippen LogP contribution in [0.3, 0.4) is 0 Å². The van der Waals surface area contributed by atoms with Gasteiger partial charge in [-0.1, -0.05) is 5.16 Å². The number of hydrogen-bond acceptors (Lipinski definition) is 5. The SMILES string of the molecule is Cc1cc(CCNC(=O)c2ccc(N3CCN(C(=O)C4CC4)CC3)cc2)no1. The van der Waals surface area contributed by atoms with Crippen LogP contribution in [-0.2, 0) is 11.2 Å². The third-order valence-electron chi connectivity index (χ3n) is 5.36. The van der Waals surface area contributed by atoms with E-state index in [4.69, 9.17) is 4.52 Å². The summed E-state index contributed by atoms with van der Waals surface area (Å²) in [5.41, 5.74) is 2.57. The molecule has 1 saturated heterocycles. The maximum Gasteiger partial charge on any atom is 0.251 e. The number of piperazine rings is 1. The van der Waals surface area contributed by atoms with E-state index in [-0.39, 0.29) is 11.8 Å². The average molecular weight is 382 g/mol. The van der Waals surface area contributed by atoms with Crippen LogP contribution in [0.15, 0.2) is 34.9 Å². The number of anilines is 1. The molecule has 28 heavy (non-hydrogen) atoms. The zero-order valence-corrected chi connectivity index (χ0v) is 16.2. The van der Waals surface area contributed by atoms with Crippen molar-refractivity contribution in [2.45, 2.75) is 26.2 Å². The Bertz CT molecular complexity index is 834. The van der Waals surface area contributed by atoms with Crippen LogP contribution < -0.4 is 10.2 Å². The topological polar surface area (TPSA) is 78.7 Å². The number of carbonyl (C=O) groups is 2. The second kappa shape index (κ2) is 8.04. The summed E-state index contributed by atoms with van der Waals surface area (Å²) < 4.78 is 5.02. The lowest BCUT2D eigenvalue weighted by Crippen LogP contribution is -2.49. The van der Waals surface area contributed by atoms with Gasteiger partial charge in [-0.2, -0.15) is 0 Å². The van der Waals surface area contributed by atoms with E-state index in [2.05, 4.69) is 15.4 Å². The first-order valence-electron chi connectivity index (χ1n) is 9.94. The molecule has 2 aromatic rings. The van der Waals surface area contributed by atoms with Crippen LogP contribution in [0.1, 0.15) is 34.7 Å². The highest BCUT2D eigenvalue weighted by atomic mass is 16.5. The molecular weight excluding hydrogens is 356 g/mol. The van der Waals surface area contributed by atoms with E-state index in [1.54, 1.807) is 0 Å². The van der Waals surface area contributed by atoms with Crippen LogP contribution in [-0.4, -0.2) is 54.6 Å². The number of aryl methyl sites for hydroxylation is 1. The van der Waals surface area contributed by atoms with Crippen molar-refractivity contribution < 1.29 is 14.1 Å². The molecule has 2 amide bonds. The summed E-state index contributed by atoms with van der Waals surface area (Å²) in [6.45, 7) is 5.59. The van der Waals surface area contributed by atoms with Crippen molar-refractivity contribution >= 4 is 17.5 Å². The van der Waals surface area contributed by atoms with Gasteiger partial charge in [0, 0.05) is 62.4 Å². The number of amides is 2. The number of aromatic nitrogens is 1.